The number of H-pyrrole nitrogens is 1. The van der Waals surface area contributed by atoms with E-state index in [-0.39, 0.29) is 0 Å². The van der Waals surface area contributed by atoms with Gasteiger partial charge in [-0.1, -0.05) is 49.9 Å². The standard InChI is InChI=1S/C20H21N5OS2/c1-4-13-6-8-14(9-7-13)18-21-20(25-23-18)27-11-17-22-24-19(26-17)16-10-12(3)15(5-2)28-16/h6-10H,4-5,11H2,1-3H3,(H,21,23,25). The number of aromatic nitrogens is 5. The predicted molar refractivity (Wildman–Crippen MR) is 112 cm³/mol. The van der Waals surface area contributed by atoms with Gasteiger partial charge in [0.25, 0.3) is 5.89 Å². The Bertz CT molecular complexity index is 1060. The highest BCUT2D eigenvalue weighted by molar-refractivity contribution is 7.98. The fraction of sp³-hybridized carbons (Fsp3) is 0.300. The maximum Gasteiger partial charge on any atom is 0.257 e. The van der Waals surface area contributed by atoms with Gasteiger partial charge in [-0.2, -0.15) is 0 Å². The molecule has 1 aromatic carbocycles. The van der Waals surface area contributed by atoms with E-state index in [9.17, 15) is 0 Å². The highest BCUT2D eigenvalue weighted by Crippen LogP contribution is 2.31. The SMILES string of the molecule is CCc1ccc(-c2nc(SCc3nnc(-c4cc(C)c(CC)s4)o3)n[nH]2)cc1. The minimum atomic E-state index is 0.532. The maximum absolute atomic E-state index is 5.82. The van der Waals surface area contributed by atoms with Gasteiger partial charge in [-0.15, -0.1) is 26.6 Å². The van der Waals surface area contributed by atoms with Crippen LogP contribution in [0.25, 0.3) is 22.2 Å². The Labute approximate surface area is 171 Å². The zero-order valence-electron chi connectivity index (χ0n) is 16.0. The van der Waals surface area contributed by atoms with Crippen LogP contribution in [0.15, 0.2) is 39.9 Å². The molecule has 0 spiro atoms. The molecule has 1 N–H and O–H groups in total. The molecule has 3 aromatic heterocycles. The van der Waals surface area contributed by atoms with Crippen LogP contribution in [0.5, 0.6) is 0 Å². The van der Waals surface area contributed by atoms with Gasteiger partial charge >= 0.3 is 0 Å². The van der Waals surface area contributed by atoms with Crippen LogP contribution in [-0.2, 0) is 18.6 Å². The third kappa shape index (κ3) is 4.02. The van der Waals surface area contributed by atoms with E-state index < -0.39 is 0 Å². The first-order chi connectivity index (χ1) is 13.7. The Kier molecular flexibility index (Phi) is 5.59. The average molecular weight is 412 g/mol. The molecule has 0 atom stereocenters. The first-order valence-corrected chi connectivity index (χ1v) is 11.0. The van der Waals surface area contributed by atoms with Gasteiger partial charge in [-0.3, -0.25) is 5.10 Å². The van der Waals surface area contributed by atoms with Crippen molar-refractivity contribution in [2.75, 3.05) is 0 Å². The molecule has 3 heterocycles. The summed E-state index contributed by atoms with van der Waals surface area (Å²) >= 11 is 3.18. The van der Waals surface area contributed by atoms with Crippen molar-refractivity contribution in [3.8, 4) is 22.2 Å². The predicted octanol–water partition coefficient (Wildman–Crippen LogP) is 5.31. The van der Waals surface area contributed by atoms with E-state index >= 15 is 0 Å². The number of aromatic amines is 1. The molecule has 0 radical (unpaired) electrons. The summed E-state index contributed by atoms with van der Waals surface area (Å²) in [6.07, 6.45) is 2.04. The van der Waals surface area contributed by atoms with Gasteiger partial charge < -0.3 is 4.42 Å². The molecular formula is C20H21N5OS2. The van der Waals surface area contributed by atoms with Crippen molar-refractivity contribution >= 4 is 23.1 Å². The zero-order chi connectivity index (χ0) is 19.5. The van der Waals surface area contributed by atoms with Crippen LogP contribution in [-0.4, -0.2) is 25.4 Å². The smallest absolute Gasteiger partial charge is 0.257 e. The average Bonchev–Trinajstić information content (AvgIpc) is 3.46. The van der Waals surface area contributed by atoms with E-state index in [0.29, 0.717) is 22.7 Å². The third-order valence-corrected chi connectivity index (χ3v) is 6.65. The minimum absolute atomic E-state index is 0.532. The molecule has 0 aliphatic rings. The van der Waals surface area contributed by atoms with Crippen molar-refractivity contribution in [2.24, 2.45) is 0 Å². The summed E-state index contributed by atoms with van der Waals surface area (Å²) in [5.74, 6) is 2.44. The van der Waals surface area contributed by atoms with Gasteiger partial charge in [0.15, 0.2) is 5.82 Å². The van der Waals surface area contributed by atoms with Crippen LogP contribution in [0.1, 0.15) is 35.7 Å². The van der Waals surface area contributed by atoms with E-state index in [1.807, 2.05) is 0 Å². The van der Waals surface area contributed by atoms with Crippen molar-refractivity contribution in [3.63, 3.8) is 0 Å². The fourth-order valence-corrected chi connectivity index (χ4v) is 4.52. The number of benzene rings is 1. The molecule has 6 nitrogen and oxygen atoms in total. The van der Waals surface area contributed by atoms with Gasteiger partial charge in [0, 0.05) is 10.4 Å². The Balaban J connectivity index is 1.41. The molecule has 0 unspecified atom stereocenters. The minimum Gasteiger partial charge on any atom is -0.419 e. The number of nitrogens with zero attached hydrogens (tertiary/aromatic N) is 4. The van der Waals surface area contributed by atoms with Gasteiger partial charge in [-0.05, 0) is 37.0 Å². The summed E-state index contributed by atoms with van der Waals surface area (Å²) in [5.41, 5.74) is 3.60. The summed E-state index contributed by atoms with van der Waals surface area (Å²) in [4.78, 5) is 6.92. The second-order valence-electron chi connectivity index (χ2n) is 6.38. The lowest BCUT2D eigenvalue weighted by Gasteiger charge is -1.98. The van der Waals surface area contributed by atoms with E-state index in [4.69, 9.17) is 4.42 Å². The lowest BCUT2D eigenvalue weighted by Crippen LogP contribution is -1.84. The van der Waals surface area contributed by atoms with Crippen LogP contribution < -0.4 is 0 Å². The zero-order valence-corrected chi connectivity index (χ0v) is 17.7. The van der Waals surface area contributed by atoms with Crippen molar-refractivity contribution in [2.45, 2.75) is 44.5 Å². The number of nitrogens with one attached hydrogen (secondary N) is 1. The topological polar surface area (TPSA) is 80.5 Å². The van der Waals surface area contributed by atoms with Crippen LogP contribution in [0, 0.1) is 6.92 Å². The van der Waals surface area contributed by atoms with Crippen molar-refractivity contribution in [1.82, 2.24) is 25.4 Å². The Hall–Kier alpha value is -2.45. The summed E-state index contributed by atoms with van der Waals surface area (Å²) in [6.45, 7) is 6.41. The second-order valence-corrected chi connectivity index (χ2v) is 8.46. The fourth-order valence-electron chi connectivity index (χ4n) is 2.85. The molecule has 0 aliphatic carbocycles. The molecule has 4 aromatic rings. The molecule has 144 valence electrons. The van der Waals surface area contributed by atoms with Crippen LogP contribution >= 0.6 is 23.1 Å². The summed E-state index contributed by atoms with van der Waals surface area (Å²) in [7, 11) is 0. The Morgan fingerprint density at radius 2 is 1.93 bits per heavy atom. The summed E-state index contributed by atoms with van der Waals surface area (Å²) in [6, 6.07) is 10.5. The van der Waals surface area contributed by atoms with E-state index in [0.717, 1.165) is 29.1 Å². The molecule has 0 fully saturated rings. The van der Waals surface area contributed by atoms with Crippen molar-refractivity contribution in [1.29, 1.82) is 0 Å². The molecule has 0 saturated carbocycles. The molecular weight excluding hydrogens is 390 g/mol. The number of hydrogen-bond acceptors (Lipinski definition) is 7. The van der Waals surface area contributed by atoms with E-state index in [1.165, 1.54) is 27.8 Å². The molecule has 0 amide bonds. The number of hydrogen-bond donors (Lipinski definition) is 1. The Morgan fingerprint density at radius 1 is 1.11 bits per heavy atom. The van der Waals surface area contributed by atoms with E-state index in [1.54, 1.807) is 11.3 Å². The normalized spacial score (nSPS) is 11.2. The monoisotopic (exact) mass is 411 g/mol. The van der Waals surface area contributed by atoms with Gasteiger partial charge in [0.05, 0.1) is 10.6 Å². The largest absolute Gasteiger partial charge is 0.419 e. The van der Waals surface area contributed by atoms with Gasteiger partial charge in [0.2, 0.25) is 11.0 Å². The van der Waals surface area contributed by atoms with Gasteiger partial charge in [0.1, 0.15) is 0 Å². The highest BCUT2D eigenvalue weighted by atomic mass is 32.2. The van der Waals surface area contributed by atoms with Crippen molar-refractivity contribution in [3.05, 3.63) is 52.2 Å². The number of aryl methyl sites for hydroxylation is 3. The molecule has 4 rings (SSSR count). The third-order valence-electron chi connectivity index (χ3n) is 4.44. The first kappa shape index (κ1) is 18.9. The molecule has 0 aliphatic heterocycles. The second kappa shape index (κ2) is 8.28. The lowest BCUT2D eigenvalue weighted by molar-refractivity contribution is 0.529. The lowest BCUT2D eigenvalue weighted by atomic mass is 10.1. The summed E-state index contributed by atoms with van der Waals surface area (Å²) in [5, 5.41) is 16.3. The maximum atomic E-state index is 5.82. The van der Waals surface area contributed by atoms with Crippen LogP contribution in [0.3, 0.4) is 0 Å². The van der Waals surface area contributed by atoms with Crippen molar-refractivity contribution < 1.29 is 4.42 Å². The van der Waals surface area contributed by atoms with E-state index in [2.05, 4.69) is 76.5 Å². The van der Waals surface area contributed by atoms with Gasteiger partial charge in [-0.25, -0.2) is 4.98 Å². The molecule has 0 saturated heterocycles. The van der Waals surface area contributed by atoms with Crippen LogP contribution in [0.4, 0.5) is 0 Å². The highest BCUT2D eigenvalue weighted by Gasteiger charge is 2.14. The van der Waals surface area contributed by atoms with Crippen LogP contribution in [0.2, 0.25) is 0 Å². The number of rotatable bonds is 7. The summed E-state index contributed by atoms with van der Waals surface area (Å²) < 4.78 is 5.82. The quantitative estimate of drug-likeness (QED) is 0.415. The Morgan fingerprint density at radius 3 is 2.64 bits per heavy atom. The molecule has 28 heavy (non-hydrogen) atoms. The first-order valence-electron chi connectivity index (χ1n) is 9.22. The molecule has 8 heteroatoms. The molecule has 0 bridgehead atoms. The number of thiophene rings is 1. The number of thioether (sulfide) groups is 1.